The first-order chi connectivity index (χ1) is 9.55. The highest BCUT2D eigenvalue weighted by Gasteiger charge is 2.11. The van der Waals surface area contributed by atoms with Crippen molar-refractivity contribution in [3.63, 3.8) is 0 Å². The summed E-state index contributed by atoms with van der Waals surface area (Å²) < 4.78 is 10.5. The van der Waals surface area contributed by atoms with Crippen LogP contribution in [0.1, 0.15) is 16.8 Å². The van der Waals surface area contributed by atoms with Gasteiger partial charge < -0.3 is 14.5 Å². The zero-order chi connectivity index (χ0) is 14.7. The number of rotatable bonds is 4. The Balaban J connectivity index is 2.49. The third kappa shape index (κ3) is 2.74. The summed E-state index contributed by atoms with van der Waals surface area (Å²) in [5.74, 6) is 1.34. The van der Waals surface area contributed by atoms with Gasteiger partial charge in [-0.2, -0.15) is 0 Å². The van der Waals surface area contributed by atoms with E-state index in [9.17, 15) is 9.59 Å². The molecule has 6 heteroatoms. The normalized spacial score (nSPS) is 10.3. The van der Waals surface area contributed by atoms with Gasteiger partial charge in [0.15, 0.2) is 0 Å². The molecular formula is C14H16N2O4. The van der Waals surface area contributed by atoms with Crippen LogP contribution in [-0.4, -0.2) is 24.2 Å². The fourth-order valence-corrected chi connectivity index (χ4v) is 2.05. The molecular weight excluding hydrogens is 260 g/mol. The molecule has 6 nitrogen and oxygen atoms in total. The van der Waals surface area contributed by atoms with Gasteiger partial charge in [-0.15, -0.1) is 0 Å². The van der Waals surface area contributed by atoms with Crippen molar-refractivity contribution in [2.24, 2.45) is 0 Å². The van der Waals surface area contributed by atoms with Crippen LogP contribution in [0.2, 0.25) is 0 Å². The molecule has 0 aliphatic rings. The second-order valence-electron chi connectivity index (χ2n) is 4.37. The van der Waals surface area contributed by atoms with E-state index in [-0.39, 0.29) is 0 Å². The lowest BCUT2D eigenvalue weighted by molar-refractivity contribution is 0.399. The molecule has 0 saturated heterocycles. The monoisotopic (exact) mass is 276 g/mol. The van der Waals surface area contributed by atoms with E-state index in [0.29, 0.717) is 29.2 Å². The lowest BCUT2D eigenvalue weighted by Gasteiger charge is -2.11. The molecule has 20 heavy (non-hydrogen) atoms. The molecule has 0 amide bonds. The van der Waals surface area contributed by atoms with Gasteiger partial charge in [0.05, 0.1) is 14.2 Å². The van der Waals surface area contributed by atoms with Gasteiger partial charge in [0.1, 0.15) is 11.5 Å². The lowest BCUT2D eigenvalue weighted by Crippen LogP contribution is -2.27. The van der Waals surface area contributed by atoms with Crippen molar-refractivity contribution >= 4 is 0 Å². The van der Waals surface area contributed by atoms with E-state index < -0.39 is 11.2 Å². The van der Waals surface area contributed by atoms with Gasteiger partial charge >= 0.3 is 5.69 Å². The summed E-state index contributed by atoms with van der Waals surface area (Å²) in [4.78, 5) is 27.9. The highest BCUT2D eigenvalue weighted by Crippen LogP contribution is 2.25. The van der Waals surface area contributed by atoms with E-state index in [4.69, 9.17) is 9.47 Å². The van der Waals surface area contributed by atoms with Crippen molar-refractivity contribution in [2.45, 2.75) is 13.3 Å². The molecule has 2 N–H and O–H groups in total. The van der Waals surface area contributed by atoms with Crippen LogP contribution >= 0.6 is 0 Å². The van der Waals surface area contributed by atoms with Crippen LogP contribution in [0.4, 0.5) is 0 Å². The zero-order valence-electron chi connectivity index (χ0n) is 11.6. The van der Waals surface area contributed by atoms with Gasteiger partial charge in [0.2, 0.25) is 0 Å². The van der Waals surface area contributed by atoms with E-state index in [1.165, 1.54) is 0 Å². The summed E-state index contributed by atoms with van der Waals surface area (Å²) in [5, 5.41) is 0. The van der Waals surface area contributed by atoms with E-state index in [1.54, 1.807) is 33.3 Å². The number of hydrogen-bond donors (Lipinski definition) is 2. The average molecular weight is 276 g/mol. The first-order valence-corrected chi connectivity index (χ1v) is 6.08. The molecule has 1 heterocycles. The highest BCUT2D eigenvalue weighted by molar-refractivity contribution is 5.43. The Labute approximate surface area is 115 Å². The van der Waals surface area contributed by atoms with E-state index in [0.717, 1.165) is 5.56 Å². The summed E-state index contributed by atoms with van der Waals surface area (Å²) >= 11 is 0. The number of aryl methyl sites for hydroxylation is 1. The molecule has 106 valence electrons. The standard InChI is InChI=1S/C14H16N2O4/c1-8-11(13(17)16-14(18)15-8)7-9-6-10(19-2)4-5-12(9)20-3/h4-6H,7H2,1-3H3,(H2,15,16,17,18). The molecule has 0 unspecified atom stereocenters. The minimum absolute atomic E-state index is 0.346. The Morgan fingerprint density at radius 1 is 1.10 bits per heavy atom. The number of hydrogen-bond acceptors (Lipinski definition) is 4. The number of aromatic amines is 2. The Bertz CT molecular complexity index is 731. The van der Waals surface area contributed by atoms with Crippen LogP contribution in [-0.2, 0) is 6.42 Å². The second-order valence-corrected chi connectivity index (χ2v) is 4.37. The lowest BCUT2D eigenvalue weighted by atomic mass is 10.0. The molecule has 0 atom stereocenters. The average Bonchev–Trinajstić information content (AvgIpc) is 2.42. The predicted octanol–water partition coefficient (Wildman–Crippen LogP) is 0.980. The number of ether oxygens (including phenoxy) is 2. The van der Waals surface area contributed by atoms with Crippen LogP contribution < -0.4 is 20.7 Å². The first-order valence-electron chi connectivity index (χ1n) is 6.08. The maximum atomic E-state index is 11.9. The molecule has 2 rings (SSSR count). The van der Waals surface area contributed by atoms with E-state index in [1.807, 2.05) is 6.07 Å². The van der Waals surface area contributed by atoms with Gasteiger partial charge in [-0.25, -0.2) is 4.79 Å². The van der Waals surface area contributed by atoms with Crippen LogP contribution in [0.15, 0.2) is 27.8 Å². The smallest absolute Gasteiger partial charge is 0.325 e. The molecule has 0 fully saturated rings. The Morgan fingerprint density at radius 3 is 2.45 bits per heavy atom. The third-order valence-corrected chi connectivity index (χ3v) is 3.11. The zero-order valence-corrected chi connectivity index (χ0v) is 11.6. The van der Waals surface area contributed by atoms with Crippen molar-refractivity contribution in [2.75, 3.05) is 14.2 Å². The van der Waals surface area contributed by atoms with Crippen molar-refractivity contribution in [3.05, 3.63) is 55.9 Å². The number of nitrogens with one attached hydrogen (secondary N) is 2. The minimum atomic E-state index is -0.506. The fourth-order valence-electron chi connectivity index (χ4n) is 2.05. The number of benzene rings is 1. The molecule has 0 radical (unpaired) electrons. The summed E-state index contributed by atoms with van der Waals surface area (Å²) in [7, 11) is 3.14. The highest BCUT2D eigenvalue weighted by atomic mass is 16.5. The molecule has 0 aliphatic heterocycles. The summed E-state index contributed by atoms with van der Waals surface area (Å²) in [6.45, 7) is 1.69. The van der Waals surface area contributed by atoms with Crippen molar-refractivity contribution in [1.82, 2.24) is 9.97 Å². The van der Waals surface area contributed by atoms with Crippen LogP contribution in [0, 0.1) is 6.92 Å². The maximum Gasteiger partial charge on any atom is 0.325 e. The Hall–Kier alpha value is -2.50. The predicted molar refractivity (Wildman–Crippen MR) is 74.8 cm³/mol. The van der Waals surface area contributed by atoms with Crippen LogP contribution in [0.3, 0.4) is 0 Å². The number of methoxy groups -OCH3 is 2. The quantitative estimate of drug-likeness (QED) is 0.871. The summed E-state index contributed by atoms with van der Waals surface area (Å²) in [6, 6.07) is 5.37. The second kappa shape index (κ2) is 5.64. The minimum Gasteiger partial charge on any atom is -0.497 e. The van der Waals surface area contributed by atoms with E-state index in [2.05, 4.69) is 9.97 Å². The van der Waals surface area contributed by atoms with Gasteiger partial charge in [-0.1, -0.05) is 0 Å². The van der Waals surface area contributed by atoms with Gasteiger partial charge in [0.25, 0.3) is 5.56 Å². The Kier molecular flexibility index (Phi) is 3.93. The van der Waals surface area contributed by atoms with Crippen molar-refractivity contribution in [3.8, 4) is 11.5 Å². The maximum absolute atomic E-state index is 11.9. The molecule has 0 saturated carbocycles. The van der Waals surface area contributed by atoms with Crippen molar-refractivity contribution < 1.29 is 9.47 Å². The molecule has 2 aromatic rings. The molecule has 0 bridgehead atoms. The Morgan fingerprint density at radius 2 is 1.85 bits per heavy atom. The van der Waals surface area contributed by atoms with E-state index >= 15 is 0 Å². The number of H-pyrrole nitrogens is 2. The first kappa shape index (κ1) is 13.9. The summed E-state index contributed by atoms with van der Waals surface area (Å²) in [5.41, 5.74) is 0.956. The fraction of sp³-hybridized carbons (Fsp3) is 0.286. The molecule has 1 aromatic carbocycles. The van der Waals surface area contributed by atoms with Crippen LogP contribution in [0.5, 0.6) is 11.5 Å². The van der Waals surface area contributed by atoms with Crippen LogP contribution in [0.25, 0.3) is 0 Å². The summed E-state index contributed by atoms with van der Waals surface area (Å²) in [6.07, 6.45) is 0.346. The van der Waals surface area contributed by atoms with Gasteiger partial charge in [-0.3, -0.25) is 9.78 Å². The molecule has 0 aliphatic carbocycles. The molecule has 1 aromatic heterocycles. The third-order valence-electron chi connectivity index (χ3n) is 3.11. The van der Waals surface area contributed by atoms with Gasteiger partial charge in [-0.05, 0) is 25.1 Å². The largest absolute Gasteiger partial charge is 0.497 e. The SMILES string of the molecule is COc1ccc(OC)c(Cc2c(C)[nH]c(=O)[nH]c2=O)c1. The van der Waals surface area contributed by atoms with Gasteiger partial charge in [0, 0.05) is 23.2 Å². The topological polar surface area (TPSA) is 84.2 Å². The number of aromatic nitrogens is 2. The molecule has 0 spiro atoms. The van der Waals surface area contributed by atoms with Crippen molar-refractivity contribution in [1.29, 1.82) is 0 Å².